The highest BCUT2D eigenvalue weighted by atomic mass is 16.6. The highest BCUT2D eigenvalue weighted by molar-refractivity contribution is 5.92. The number of benzene rings is 1. The molecule has 8 atom stereocenters. The Hall–Kier alpha value is -2.75. The van der Waals surface area contributed by atoms with Gasteiger partial charge in [0.15, 0.2) is 17.5 Å². The molecule has 2 saturated carbocycles. The van der Waals surface area contributed by atoms with E-state index in [2.05, 4.69) is 11.9 Å². The van der Waals surface area contributed by atoms with Gasteiger partial charge in [-0.15, -0.1) is 6.58 Å². The van der Waals surface area contributed by atoms with Gasteiger partial charge in [-0.25, -0.2) is 4.79 Å². The molecule has 2 aliphatic carbocycles. The van der Waals surface area contributed by atoms with Crippen LogP contribution >= 0.6 is 0 Å². The van der Waals surface area contributed by atoms with Crippen LogP contribution in [0.2, 0.25) is 0 Å². The van der Waals surface area contributed by atoms with E-state index in [0.29, 0.717) is 18.5 Å². The number of para-hydroxylation sites is 1. The number of ether oxygens (including phenoxy) is 3. The van der Waals surface area contributed by atoms with Crippen molar-refractivity contribution in [3.05, 3.63) is 43.0 Å². The quantitative estimate of drug-likeness (QED) is 0.397. The largest absolute Gasteiger partial charge is 0.457 e. The van der Waals surface area contributed by atoms with E-state index < -0.39 is 69.7 Å². The van der Waals surface area contributed by atoms with Gasteiger partial charge in [0, 0.05) is 30.4 Å². The maximum atomic E-state index is 14.1. The van der Waals surface area contributed by atoms with E-state index in [1.807, 2.05) is 19.9 Å². The number of nitrogens with one attached hydrogen (secondary N) is 1. The van der Waals surface area contributed by atoms with Crippen molar-refractivity contribution < 1.29 is 38.8 Å². The molecule has 0 aromatic heterocycles. The number of fused-ring (bicyclic) bond motifs is 3. The Labute approximate surface area is 223 Å². The second-order valence-electron chi connectivity index (χ2n) is 12.2. The van der Waals surface area contributed by atoms with Crippen LogP contribution in [0.4, 0.5) is 10.5 Å². The number of rotatable bonds is 4. The number of anilines is 1. The molecule has 3 aliphatic rings. The number of hydrogen-bond acceptors (Lipinski definition) is 8. The lowest BCUT2D eigenvalue weighted by atomic mass is 9.39. The van der Waals surface area contributed by atoms with E-state index in [-0.39, 0.29) is 6.42 Å². The normalized spacial score (nSPS) is 41.7. The number of carbonyl (C=O) groups excluding carboxylic acids is 3. The Kier molecular flexibility index (Phi) is 6.82. The molecule has 0 spiro atoms. The van der Waals surface area contributed by atoms with Crippen LogP contribution in [-0.4, -0.2) is 63.2 Å². The third-order valence-electron chi connectivity index (χ3n) is 9.25. The Balaban J connectivity index is 1.87. The zero-order valence-electron chi connectivity index (χ0n) is 22.9. The molecule has 1 aromatic rings. The fraction of sp³-hybridized carbons (Fsp3) is 0.621. The fourth-order valence-electron chi connectivity index (χ4n) is 7.62. The molecule has 1 amide bonds. The molecule has 4 rings (SSSR count). The van der Waals surface area contributed by atoms with E-state index in [4.69, 9.17) is 14.2 Å². The summed E-state index contributed by atoms with van der Waals surface area (Å²) in [5, 5.41) is 27.3. The van der Waals surface area contributed by atoms with Crippen molar-refractivity contribution in [3.63, 3.8) is 0 Å². The Bertz CT molecular complexity index is 1140. The molecule has 0 radical (unpaired) electrons. The molecule has 38 heavy (non-hydrogen) atoms. The van der Waals surface area contributed by atoms with Crippen LogP contribution in [0.25, 0.3) is 0 Å². The van der Waals surface area contributed by atoms with Crippen LogP contribution in [-0.2, 0) is 23.8 Å². The van der Waals surface area contributed by atoms with E-state index in [9.17, 15) is 24.6 Å². The van der Waals surface area contributed by atoms with Crippen molar-refractivity contribution in [2.24, 2.45) is 16.7 Å². The van der Waals surface area contributed by atoms with Crippen LogP contribution in [0.1, 0.15) is 60.8 Å². The molecular formula is C29H39NO8. The summed E-state index contributed by atoms with van der Waals surface area (Å²) in [6, 6.07) is 8.78. The second kappa shape index (κ2) is 9.17. The van der Waals surface area contributed by atoms with Crippen molar-refractivity contribution in [3.8, 4) is 0 Å². The van der Waals surface area contributed by atoms with Crippen LogP contribution in [0.15, 0.2) is 43.0 Å². The summed E-state index contributed by atoms with van der Waals surface area (Å²) in [6.07, 6.45) is -2.31. The first-order valence-electron chi connectivity index (χ1n) is 13.0. The van der Waals surface area contributed by atoms with Gasteiger partial charge in [-0.2, -0.15) is 0 Å². The van der Waals surface area contributed by atoms with E-state index >= 15 is 0 Å². The standard InChI is InChI=1S/C29H39NO8/c1-8-26(5)16-19(32)29(35)27(6)20(37-24(34)30-18-12-10-9-11-13-18)14-15-25(3,4)22(27)21(33)23(36-17(2)31)28(29,7)38-26/h8-13,20-23,33,35H,1,14-16H2,2-7H3,(H,30,34)/t20-,21-,22-,23-,26-,27-,28+,29-/m0/s1. The lowest BCUT2D eigenvalue weighted by molar-refractivity contribution is -0.369. The van der Waals surface area contributed by atoms with E-state index in [1.165, 1.54) is 19.9 Å². The van der Waals surface area contributed by atoms with Crippen LogP contribution < -0.4 is 5.32 Å². The summed E-state index contributed by atoms with van der Waals surface area (Å²) in [5.41, 5.74) is -6.97. The average Bonchev–Trinajstić information content (AvgIpc) is 2.82. The summed E-state index contributed by atoms with van der Waals surface area (Å²) in [6.45, 7) is 13.7. The lowest BCUT2D eigenvalue weighted by Crippen LogP contribution is -2.87. The number of aliphatic hydroxyl groups excluding tert-OH is 1. The van der Waals surface area contributed by atoms with Crippen molar-refractivity contribution in [2.75, 3.05) is 5.32 Å². The third-order valence-corrected chi connectivity index (χ3v) is 9.25. The van der Waals surface area contributed by atoms with Gasteiger partial charge in [-0.05, 0) is 44.2 Å². The first-order chi connectivity index (χ1) is 17.6. The molecule has 9 heteroatoms. The minimum Gasteiger partial charge on any atom is -0.457 e. The number of ketones is 1. The molecule has 3 N–H and O–H groups in total. The van der Waals surface area contributed by atoms with E-state index in [0.717, 1.165) is 0 Å². The zero-order valence-corrected chi connectivity index (χ0v) is 22.9. The first-order valence-corrected chi connectivity index (χ1v) is 13.0. The minimum atomic E-state index is -2.29. The fourth-order valence-corrected chi connectivity index (χ4v) is 7.62. The Morgan fingerprint density at radius 2 is 1.76 bits per heavy atom. The van der Waals surface area contributed by atoms with Gasteiger partial charge in [-0.1, -0.05) is 45.0 Å². The van der Waals surface area contributed by atoms with Crippen molar-refractivity contribution in [1.82, 2.24) is 0 Å². The molecule has 208 valence electrons. The first kappa shape index (κ1) is 28.3. The van der Waals surface area contributed by atoms with Crippen LogP contribution in [0.3, 0.4) is 0 Å². The summed E-state index contributed by atoms with van der Waals surface area (Å²) in [4.78, 5) is 39.4. The van der Waals surface area contributed by atoms with Crippen molar-refractivity contribution in [1.29, 1.82) is 0 Å². The highest BCUT2D eigenvalue weighted by Gasteiger charge is 2.82. The van der Waals surface area contributed by atoms with Gasteiger partial charge in [-0.3, -0.25) is 14.9 Å². The number of hydrogen-bond donors (Lipinski definition) is 3. The molecule has 1 aliphatic heterocycles. The lowest BCUT2D eigenvalue weighted by Gasteiger charge is -2.71. The number of Topliss-reactive ketones (excluding diaryl/α,β-unsaturated/α-hetero) is 1. The van der Waals surface area contributed by atoms with Gasteiger partial charge in [0.1, 0.15) is 11.7 Å². The summed E-state index contributed by atoms with van der Waals surface area (Å²) >= 11 is 0. The Morgan fingerprint density at radius 1 is 1.13 bits per heavy atom. The monoisotopic (exact) mass is 529 g/mol. The van der Waals surface area contributed by atoms with Gasteiger partial charge in [0.2, 0.25) is 0 Å². The molecule has 0 unspecified atom stereocenters. The zero-order chi connectivity index (χ0) is 28.3. The number of carbonyl (C=O) groups is 3. The Morgan fingerprint density at radius 3 is 2.34 bits per heavy atom. The van der Waals surface area contributed by atoms with Crippen LogP contribution in [0, 0.1) is 16.7 Å². The molecule has 9 nitrogen and oxygen atoms in total. The third kappa shape index (κ3) is 3.98. The molecule has 1 heterocycles. The maximum absolute atomic E-state index is 14.1. The summed E-state index contributed by atoms with van der Waals surface area (Å²) in [7, 11) is 0. The second-order valence-corrected chi connectivity index (χ2v) is 12.2. The number of amides is 1. The smallest absolute Gasteiger partial charge is 0.411 e. The van der Waals surface area contributed by atoms with Crippen molar-refractivity contribution >= 4 is 23.5 Å². The summed E-state index contributed by atoms with van der Waals surface area (Å²) in [5.74, 6) is -2.05. The molecule has 0 bridgehead atoms. The van der Waals surface area contributed by atoms with Gasteiger partial charge >= 0.3 is 12.1 Å². The molecule has 1 saturated heterocycles. The maximum Gasteiger partial charge on any atom is 0.411 e. The molecule has 1 aromatic carbocycles. The molecular weight excluding hydrogens is 490 g/mol. The predicted octanol–water partition coefficient (Wildman–Crippen LogP) is 3.78. The number of aliphatic hydroxyl groups is 2. The van der Waals surface area contributed by atoms with Crippen molar-refractivity contribution in [2.45, 2.75) is 95.9 Å². The van der Waals surface area contributed by atoms with Gasteiger partial charge in [0.25, 0.3) is 0 Å². The van der Waals surface area contributed by atoms with E-state index in [1.54, 1.807) is 38.1 Å². The van der Waals surface area contributed by atoms with Gasteiger partial charge in [0.05, 0.1) is 11.7 Å². The SMILES string of the molecule is C=C[C@@]1(C)CC(=O)[C@]2(O)[C@@]3(C)[C@@H](OC(=O)Nc4ccccc4)CCC(C)(C)[C@@H]3[C@H](O)[C@H](OC(C)=O)[C@@]2(C)O1. The topological polar surface area (TPSA) is 131 Å². The van der Waals surface area contributed by atoms with Gasteiger partial charge < -0.3 is 24.4 Å². The molecule has 3 fully saturated rings. The number of esters is 1. The average molecular weight is 530 g/mol. The summed E-state index contributed by atoms with van der Waals surface area (Å²) < 4.78 is 18.0. The van der Waals surface area contributed by atoms with Crippen LogP contribution in [0.5, 0.6) is 0 Å². The predicted molar refractivity (Wildman–Crippen MR) is 139 cm³/mol. The highest BCUT2D eigenvalue weighted by Crippen LogP contribution is 2.67. The minimum absolute atomic E-state index is 0.197.